The number of carbonyl (C=O) groups is 3. The topological polar surface area (TPSA) is 84.9 Å². The van der Waals surface area contributed by atoms with E-state index in [2.05, 4.69) is 28.8 Å². The number of para-hydroxylation sites is 1. The molecular formula is C16H21FN2O5. The van der Waals surface area contributed by atoms with Crippen LogP contribution in [0.3, 0.4) is 0 Å². The molecule has 8 heteroatoms. The van der Waals surface area contributed by atoms with Crippen LogP contribution in [0.15, 0.2) is 24.3 Å². The standard InChI is InChI=1S/C13H13FN2O5.C3H8/c1-20-13(19)15-7-11(17)16-9-5-3-2-4-8(9)6-10(16)12(18)21-14;1-3-2/h2-5,10H,6-7H2,1H3,(H,15,19);3H2,1-2H3. The van der Waals surface area contributed by atoms with Crippen molar-refractivity contribution in [1.29, 1.82) is 0 Å². The highest BCUT2D eigenvalue weighted by Gasteiger charge is 2.39. The molecule has 1 aromatic rings. The van der Waals surface area contributed by atoms with Crippen LogP contribution in [-0.4, -0.2) is 37.7 Å². The van der Waals surface area contributed by atoms with Gasteiger partial charge in [-0.2, -0.15) is 0 Å². The van der Waals surface area contributed by atoms with Gasteiger partial charge in [0.15, 0.2) is 0 Å². The summed E-state index contributed by atoms with van der Waals surface area (Å²) in [6.45, 7) is 3.87. The van der Waals surface area contributed by atoms with Crippen molar-refractivity contribution in [2.24, 2.45) is 0 Å². The van der Waals surface area contributed by atoms with Crippen molar-refractivity contribution in [3.05, 3.63) is 29.8 Å². The Morgan fingerprint density at radius 2 is 1.92 bits per heavy atom. The number of halogens is 1. The molecule has 24 heavy (non-hydrogen) atoms. The van der Waals surface area contributed by atoms with Crippen LogP contribution in [0, 0.1) is 0 Å². The summed E-state index contributed by atoms with van der Waals surface area (Å²) in [6, 6.07) is 5.72. The second-order valence-corrected chi connectivity index (χ2v) is 5.06. The molecule has 0 saturated carbocycles. The molecule has 2 amide bonds. The summed E-state index contributed by atoms with van der Waals surface area (Å²) in [4.78, 5) is 39.0. The van der Waals surface area contributed by atoms with E-state index in [1.54, 1.807) is 24.3 Å². The number of hydrogen-bond donors (Lipinski definition) is 1. The van der Waals surface area contributed by atoms with Gasteiger partial charge in [-0.05, 0) is 11.6 Å². The van der Waals surface area contributed by atoms with E-state index in [1.165, 1.54) is 6.42 Å². The summed E-state index contributed by atoms with van der Waals surface area (Å²) in [7, 11) is 1.16. The summed E-state index contributed by atoms with van der Waals surface area (Å²) in [6.07, 6.45) is 0.628. The molecule has 1 heterocycles. The van der Waals surface area contributed by atoms with Crippen LogP contribution >= 0.6 is 0 Å². The minimum Gasteiger partial charge on any atom is -0.453 e. The SMILES string of the molecule is CCC.COC(=O)NCC(=O)N1c2ccccc2CC1C(=O)OF. The van der Waals surface area contributed by atoms with Crippen molar-refractivity contribution in [3.8, 4) is 0 Å². The summed E-state index contributed by atoms with van der Waals surface area (Å²) in [5, 5.41) is 2.22. The predicted molar refractivity (Wildman–Crippen MR) is 85.0 cm³/mol. The Hall–Kier alpha value is -2.64. The van der Waals surface area contributed by atoms with Crippen molar-refractivity contribution in [1.82, 2.24) is 5.32 Å². The van der Waals surface area contributed by atoms with Crippen molar-refractivity contribution < 1.29 is 28.6 Å². The van der Waals surface area contributed by atoms with E-state index in [0.29, 0.717) is 5.69 Å². The number of fused-ring (bicyclic) bond motifs is 1. The van der Waals surface area contributed by atoms with Gasteiger partial charge >= 0.3 is 12.1 Å². The Kier molecular flexibility index (Phi) is 7.67. The molecule has 0 aliphatic carbocycles. The van der Waals surface area contributed by atoms with Crippen LogP contribution in [-0.2, 0) is 25.7 Å². The molecule has 0 fully saturated rings. The quantitative estimate of drug-likeness (QED) is 0.911. The van der Waals surface area contributed by atoms with E-state index < -0.39 is 24.0 Å². The highest BCUT2D eigenvalue weighted by atomic mass is 19.3. The van der Waals surface area contributed by atoms with Gasteiger partial charge in [0.1, 0.15) is 12.6 Å². The first-order valence-corrected chi connectivity index (χ1v) is 7.54. The highest BCUT2D eigenvalue weighted by molar-refractivity contribution is 6.03. The first-order valence-electron chi connectivity index (χ1n) is 7.54. The monoisotopic (exact) mass is 340 g/mol. The molecule has 1 atom stereocenters. The fourth-order valence-corrected chi connectivity index (χ4v) is 2.24. The molecule has 1 aromatic carbocycles. The van der Waals surface area contributed by atoms with Crippen molar-refractivity contribution >= 4 is 23.7 Å². The fourth-order valence-electron chi connectivity index (χ4n) is 2.24. The van der Waals surface area contributed by atoms with Crippen LogP contribution < -0.4 is 10.2 Å². The van der Waals surface area contributed by atoms with Crippen LogP contribution in [0.2, 0.25) is 0 Å². The van der Waals surface area contributed by atoms with Gasteiger partial charge in [0, 0.05) is 16.6 Å². The number of nitrogens with zero attached hydrogens (tertiary/aromatic N) is 1. The van der Waals surface area contributed by atoms with E-state index in [0.717, 1.165) is 17.6 Å². The summed E-state index contributed by atoms with van der Waals surface area (Å²) < 4.78 is 16.5. The molecule has 0 aromatic heterocycles. The Labute approximate surface area is 139 Å². The first kappa shape index (κ1) is 19.4. The molecular weight excluding hydrogens is 319 g/mol. The van der Waals surface area contributed by atoms with Gasteiger partial charge in [0.05, 0.1) is 7.11 Å². The largest absolute Gasteiger partial charge is 0.453 e. The third kappa shape index (κ3) is 4.68. The smallest absolute Gasteiger partial charge is 0.407 e. The number of ether oxygens (including phenoxy) is 1. The van der Waals surface area contributed by atoms with E-state index in [1.807, 2.05) is 0 Å². The fraction of sp³-hybridized carbons (Fsp3) is 0.438. The maximum atomic E-state index is 12.2. The molecule has 0 radical (unpaired) electrons. The molecule has 7 nitrogen and oxygen atoms in total. The van der Waals surface area contributed by atoms with Crippen LogP contribution in [0.1, 0.15) is 25.8 Å². The first-order chi connectivity index (χ1) is 11.5. The van der Waals surface area contributed by atoms with E-state index in [4.69, 9.17) is 0 Å². The maximum Gasteiger partial charge on any atom is 0.407 e. The Morgan fingerprint density at radius 3 is 2.50 bits per heavy atom. The van der Waals surface area contributed by atoms with Gasteiger partial charge in [-0.15, -0.1) is 0 Å². The average Bonchev–Trinajstić information content (AvgIpc) is 2.98. The van der Waals surface area contributed by atoms with Gasteiger partial charge in [0.2, 0.25) is 5.91 Å². The van der Waals surface area contributed by atoms with E-state index in [-0.39, 0.29) is 13.0 Å². The molecule has 0 spiro atoms. The number of alkyl carbamates (subject to hydrolysis) is 1. The van der Waals surface area contributed by atoms with Gasteiger partial charge in [-0.3, -0.25) is 14.6 Å². The van der Waals surface area contributed by atoms with Gasteiger partial charge in [0.25, 0.3) is 0 Å². The van der Waals surface area contributed by atoms with Crippen molar-refractivity contribution in [2.45, 2.75) is 32.7 Å². The van der Waals surface area contributed by atoms with Gasteiger partial charge in [-0.25, -0.2) is 9.59 Å². The van der Waals surface area contributed by atoms with Crippen LogP contribution in [0.5, 0.6) is 0 Å². The molecule has 1 aliphatic rings. The average molecular weight is 340 g/mol. The summed E-state index contributed by atoms with van der Waals surface area (Å²) >= 11 is 0. The zero-order chi connectivity index (χ0) is 18.1. The van der Waals surface area contributed by atoms with Crippen LogP contribution in [0.4, 0.5) is 15.0 Å². The molecule has 0 bridgehead atoms. The molecule has 1 unspecified atom stereocenters. The molecule has 132 valence electrons. The lowest BCUT2D eigenvalue weighted by Crippen LogP contribution is -2.47. The van der Waals surface area contributed by atoms with Crippen molar-refractivity contribution in [2.75, 3.05) is 18.6 Å². The zero-order valence-corrected chi connectivity index (χ0v) is 13.9. The lowest BCUT2D eigenvalue weighted by molar-refractivity contribution is -0.185. The lowest BCUT2D eigenvalue weighted by Gasteiger charge is -2.22. The van der Waals surface area contributed by atoms with Gasteiger partial charge < -0.3 is 10.1 Å². The van der Waals surface area contributed by atoms with E-state index in [9.17, 15) is 18.9 Å². The molecule has 2 rings (SSSR count). The second-order valence-electron chi connectivity index (χ2n) is 5.06. The maximum absolute atomic E-state index is 12.2. The minimum atomic E-state index is -1.15. The minimum absolute atomic E-state index is 0.156. The number of rotatable bonds is 3. The number of methoxy groups -OCH3 is 1. The highest BCUT2D eigenvalue weighted by Crippen LogP contribution is 2.32. The molecule has 1 aliphatic heterocycles. The van der Waals surface area contributed by atoms with Crippen LogP contribution in [0.25, 0.3) is 0 Å². The Morgan fingerprint density at radius 1 is 1.29 bits per heavy atom. The normalized spacial score (nSPS) is 14.8. The second kappa shape index (κ2) is 9.49. The Balaban J connectivity index is 0.000000891. The lowest BCUT2D eigenvalue weighted by atomic mass is 10.1. The molecule has 1 N–H and O–H groups in total. The third-order valence-electron chi connectivity index (χ3n) is 3.16. The number of anilines is 1. The van der Waals surface area contributed by atoms with Gasteiger partial charge in [-0.1, -0.05) is 38.5 Å². The number of hydrogen-bond acceptors (Lipinski definition) is 5. The number of carbonyl (C=O) groups excluding carboxylic acids is 3. The predicted octanol–water partition coefficient (Wildman–Crippen LogP) is 2.14. The summed E-state index contributed by atoms with van der Waals surface area (Å²) in [5.41, 5.74) is 1.21. The molecule has 0 saturated heterocycles. The summed E-state index contributed by atoms with van der Waals surface area (Å²) in [5.74, 6) is -1.72. The third-order valence-corrected chi connectivity index (χ3v) is 3.16. The Bertz CT molecular complexity index is 594. The number of amides is 2. The number of nitrogens with one attached hydrogen (secondary N) is 1. The van der Waals surface area contributed by atoms with Crippen molar-refractivity contribution in [3.63, 3.8) is 0 Å². The zero-order valence-electron chi connectivity index (χ0n) is 13.9. The number of benzene rings is 1. The van der Waals surface area contributed by atoms with E-state index >= 15 is 0 Å².